The highest BCUT2D eigenvalue weighted by Gasteiger charge is 2.38. The van der Waals surface area contributed by atoms with Crippen molar-refractivity contribution in [2.45, 2.75) is 50.2 Å². The molecule has 0 aromatic heterocycles. The predicted molar refractivity (Wildman–Crippen MR) is 84.2 cm³/mol. The summed E-state index contributed by atoms with van der Waals surface area (Å²) in [5, 5.41) is 9.63. The quantitative estimate of drug-likeness (QED) is 0.818. The second-order valence-corrected chi connectivity index (χ2v) is 7.91. The highest BCUT2D eigenvalue weighted by molar-refractivity contribution is 7.89. The number of aliphatic hydroxyl groups is 1. The second kappa shape index (κ2) is 6.84. The van der Waals surface area contributed by atoms with Gasteiger partial charge in [0.1, 0.15) is 4.90 Å². The SMILES string of the molecule is CCCCN(C1CC1)S(=O)(=O)c1cc(CO)c(Cl)cc1Cl. The smallest absolute Gasteiger partial charge is 0.244 e. The van der Waals surface area contributed by atoms with Gasteiger partial charge in [-0.3, -0.25) is 0 Å². The first-order valence-corrected chi connectivity index (χ1v) is 9.22. The molecule has 0 bridgehead atoms. The molecule has 1 aliphatic rings. The van der Waals surface area contributed by atoms with Gasteiger partial charge in [-0.2, -0.15) is 4.31 Å². The third-order valence-electron chi connectivity index (χ3n) is 3.54. The van der Waals surface area contributed by atoms with E-state index in [1.165, 1.54) is 16.4 Å². The van der Waals surface area contributed by atoms with Crippen LogP contribution in [0.1, 0.15) is 38.2 Å². The summed E-state index contributed by atoms with van der Waals surface area (Å²) in [7, 11) is -3.66. The van der Waals surface area contributed by atoms with Crippen LogP contribution in [0.4, 0.5) is 0 Å². The molecular weight excluding hydrogens is 333 g/mol. The Morgan fingerprint density at radius 1 is 1.29 bits per heavy atom. The molecule has 1 aromatic carbocycles. The molecule has 1 N–H and O–H groups in total. The van der Waals surface area contributed by atoms with Gasteiger partial charge in [-0.1, -0.05) is 36.5 Å². The lowest BCUT2D eigenvalue weighted by Gasteiger charge is -2.22. The van der Waals surface area contributed by atoms with Gasteiger partial charge in [0.15, 0.2) is 0 Å². The first-order valence-electron chi connectivity index (χ1n) is 7.02. The maximum atomic E-state index is 12.8. The van der Waals surface area contributed by atoms with Crippen LogP contribution >= 0.6 is 23.2 Å². The van der Waals surface area contributed by atoms with Gasteiger partial charge in [0.2, 0.25) is 10.0 Å². The topological polar surface area (TPSA) is 57.6 Å². The molecule has 0 aliphatic heterocycles. The second-order valence-electron chi connectivity index (χ2n) is 5.23. The molecule has 1 fully saturated rings. The van der Waals surface area contributed by atoms with Gasteiger partial charge >= 0.3 is 0 Å². The van der Waals surface area contributed by atoms with Gasteiger partial charge in [-0.15, -0.1) is 0 Å². The Hall–Kier alpha value is -0.330. The standard InChI is InChI=1S/C14H19Cl2NO3S/c1-2-3-6-17(11-4-5-11)21(19,20)14-7-10(9-18)12(15)8-13(14)16/h7-8,11,18H,2-6,9H2,1H3. The zero-order chi connectivity index (χ0) is 15.6. The summed E-state index contributed by atoms with van der Waals surface area (Å²) in [5.41, 5.74) is 0.367. The van der Waals surface area contributed by atoms with E-state index in [1.54, 1.807) is 0 Å². The van der Waals surface area contributed by atoms with Gasteiger partial charge in [-0.25, -0.2) is 8.42 Å². The molecular formula is C14H19Cl2NO3S. The van der Waals surface area contributed by atoms with E-state index >= 15 is 0 Å². The number of halogens is 2. The van der Waals surface area contributed by atoms with Crippen molar-refractivity contribution in [3.05, 3.63) is 27.7 Å². The van der Waals surface area contributed by atoms with Crippen LogP contribution in [0, 0.1) is 0 Å². The molecule has 1 saturated carbocycles. The summed E-state index contributed by atoms with van der Waals surface area (Å²) >= 11 is 12.0. The fourth-order valence-electron chi connectivity index (χ4n) is 2.19. The fraction of sp³-hybridized carbons (Fsp3) is 0.571. The van der Waals surface area contributed by atoms with Crippen molar-refractivity contribution in [2.75, 3.05) is 6.54 Å². The van der Waals surface area contributed by atoms with Crippen LogP contribution in [0.5, 0.6) is 0 Å². The average molecular weight is 352 g/mol. The Labute approximate surface area is 135 Å². The fourth-order valence-corrected chi connectivity index (χ4v) is 4.75. The molecule has 118 valence electrons. The van der Waals surface area contributed by atoms with Crippen molar-refractivity contribution in [3.63, 3.8) is 0 Å². The van der Waals surface area contributed by atoms with Crippen LogP contribution in [0.25, 0.3) is 0 Å². The number of rotatable bonds is 7. The highest BCUT2D eigenvalue weighted by Crippen LogP contribution is 2.36. The summed E-state index contributed by atoms with van der Waals surface area (Å²) in [6.45, 7) is 2.20. The van der Waals surface area contributed by atoms with Crippen molar-refractivity contribution in [1.29, 1.82) is 0 Å². The molecule has 0 radical (unpaired) electrons. The zero-order valence-corrected chi connectivity index (χ0v) is 14.2. The lowest BCUT2D eigenvalue weighted by Crippen LogP contribution is -2.34. The van der Waals surface area contributed by atoms with E-state index in [-0.39, 0.29) is 27.6 Å². The molecule has 1 aliphatic carbocycles. The molecule has 0 amide bonds. The molecule has 0 heterocycles. The molecule has 0 saturated heterocycles. The van der Waals surface area contributed by atoms with E-state index < -0.39 is 10.0 Å². The number of aliphatic hydroxyl groups excluding tert-OH is 1. The molecule has 2 rings (SSSR count). The Balaban J connectivity index is 2.41. The summed E-state index contributed by atoms with van der Waals surface area (Å²) in [5.74, 6) is 0. The predicted octanol–water partition coefficient (Wildman–Crippen LogP) is 3.44. The van der Waals surface area contributed by atoms with Crippen molar-refractivity contribution in [1.82, 2.24) is 4.31 Å². The van der Waals surface area contributed by atoms with Crippen LogP contribution in [0.3, 0.4) is 0 Å². The lowest BCUT2D eigenvalue weighted by atomic mass is 10.2. The maximum absolute atomic E-state index is 12.8. The molecule has 7 heteroatoms. The van der Waals surface area contributed by atoms with Gasteiger partial charge in [0.25, 0.3) is 0 Å². The number of benzene rings is 1. The Morgan fingerprint density at radius 3 is 2.48 bits per heavy atom. The summed E-state index contributed by atoms with van der Waals surface area (Å²) < 4.78 is 27.2. The van der Waals surface area contributed by atoms with Crippen molar-refractivity contribution >= 4 is 33.2 Å². The van der Waals surface area contributed by atoms with Crippen molar-refractivity contribution < 1.29 is 13.5 Å². The maximum Gasteiger partial charge on any atom is 0.244 e. The molecule has 0 atom stereocenters. The van der Waals surface area contributed by atoms with Crippen LogP contribution in [-0.4, -0.2) is 30.4 Å². The van der Waals surface area contributed by atoms with Crippen LogP contribution < -0.4 is 0 Å². The number of unbranched alkanes of at least 4 members (excludes halogenated alkanes) is 1. The monoisotopic (exact) mass is 351 g/mol. The minimum atomic E-state index is -3.66. The van der Waals surface area contributed by atoms with Crippen molar-refractivity contribution in [2.24, 2.45) is 0 Å². The number of sulfonamides is 1. The first kappa shape index (κ1) is 17.0. The van der Waals surface area contributed by atoms with E-state index in [0.29, 0.717) is 12.1 Å². The normalized spacial score (nSPS) is 15.7. The lowest BCUT2D eigenvalue weighted by molar-refractivity contribution is 0.281. The molecule has 21 heavy (non-hydrogen) atoms. The van der Waals surface area contributed by atoms with E-state index in [4.69, 9.17) is 23.2 Å². The average Bonchev–Trinajstić information content (AvgIpc) is 3.23. The third-order valence-corrected chi connectivity index (χ3v) is 6.31. The van der Waals surface area contributed by atoms with E-state index in [0.717, 1.165) is 25.7 Å². The molecule has 0 unspecified atom stereocenters. The number of hydrogen-bond acceptors (Lipinski definition) is 3. The molecule has 1 aromatic rings. The largest absolute Gasteiger partial charge is 0.392 e. The van der Waals surface area contributed by atoms with E-state index in [2.05, 4.69) is 0 Å². The number of nitrogens with zero attached hydrogens (tertiary/aromatic N) is 1. The summed E-state index contributed by atoms with van der Waals surface area (Å²) in [6.07, 6.45) is 3.52. The van der Waals surface area contributed by atoms with Crippen LogP contribution in [-0.2, 0) is 16.6 Å². The Kier molecular flexibility index (Phi) is 5.54. The van der Waals surface area contributed by atoms with Gasteiger partial charge in [0, 0.05) is 17.6 Å². The highest BCUT2D eigenvalue weighted by atomic mass is 35.5. The van der Waals surface area contributed by atoms with Crippen LogP contribution in [0.15, 0.2) is 17.0 Å². The first-order chi connectivity index (χ1) is 9.91. The minimum absolute atomic E-state index is 0.0284. The summed E-state index contributed by atoms with van der Waals surface area (Å²) in [6, 6.07) is 2.83. The van der Waals surface area contributed by atoms with Crippen LogP contribution in [0.2, 0.25) is 10.0 Å². The Bertz CT molecular complexity index is 615. The van der Waals surface area contributed by atoms with Crippen molar-refractivity contribution in [3.8, 4) is 0 Å². The minimum Gasteiger partial charge on any atom is -0.392 e. The molecule has 0 spiro atoms. The zero-order valence-electron chi connectivity index (χ0n) is 11.8. The van der Waals surface area contributed by atoms with Gasteiger partial charge in [0.05, 0.1) is 11.6 Å². The van der Waals surface area contributed by atoms with E-state index in [9.17, 15) is 13.5 Å². The van der Waals surface area contributed by atoms with Gasteiger partial charge in [-0.05, 0) is 37.0 Å². The summed E-state index contributed by atoms with van der Waals surface area (Å²) in [4.78, 5) is 0.0284. The number of hydrogen-bond donors (Lipinski definition) is 1. The third kappa shape index (κ3) is 3.71. The van der Waals surface area contributed by atoms with E-state index in [1.807, 2.05) is 6.92 Å². The Morgan fingerprint density at radius 2 is 1.95 bits per heavy atom. The molecule has 4 nitrogen and oxygen atoms in total. The van der Waals surface area contributed by atoms with Gasteiger partial charge < -0.3 is 5.11 Å².